The number of nitrogens with zero attached hydrogens (tertiary/aromatic N) is 1. The van der Waals surface area contributed by atoms with Crippen LogP contribution < -0.4 is 16.4 Å². The van der Waals surface area contributed by atoms with Crippen molar-refractivity contribution >= 4 is 30.8 Å². The minimum absolute atomic E-state index is 0. The Bertz CT molecular complexity index is 278. The predicted molar refractivity (Wildman–Crippen MR) is 79.8 cm³/mol. The molecule has 1 atom stereocenters. The van der Waals surface area contributed by atoms with E-state index in [4.69, 9.17) is 5.73 Å². The van der Waals surface area contributed by atoms with Crippen LogP contribution in [0.15, 0.2) is 4.99 Å². The Balaban J connectivity index is 0.000000810. The van der Waals surface area contributed by atoms with Crippen molar-refractivity contribution < 1.29 is 0 Å². The van der Waals surface area contributed by atoms with Crippen LogP contribution in [0.2, 0.25) is 0 Å². The molecule has 0 aromatic rings. The van der Waals surface area contributed by atoms with Gasteiger partial charge in [0.2, 0.25) is 0 Å². The summed E-state index contributed by atoms with van der Waals surface area (Å²) in [6, 6.07) is 1.16. The van der Waals surface area contributed by atoms with Gasteiger partial charge in [0.1, 0.15) is 0 Å². The van der Waals surface area contributed by atoms with E-state index in [2.05, 4.69) is 15.6 Å². The van der Waals surface area contributed by atoms with Crippen molar-refractivity contribution in [1.29, 1.82) is 0 Å². The van der Waals surface area contributed by atoms with Crippen LogP contribution in [0.25, 0.3) is 0 Å². The summed E-state index contributed by atoms with van der Waals surface area (Å²) in [5.41, 5.74) is 5.56. The fourth-order valence-electron chi connectivity index (χ4n) is 2.63. The Morgan fingerprint density at radius 2 is 1.83 bits per heavy atom. The highest BCUT2D eigenvalue weighted by atomic mass is 35.5. The van der Waals surface area contributed by atoms with Crippen molar-refractivity contribution in [3.05, 3.63) is 0 Å². The molecule has 3 aliphatic rings. The highest BCUT2D eigenvalue weighted by Crippen LogP contribution is 2.44. The van der Waals surface area contributed by atoms with Gasteiger partial charge in [-0.15, -0.1) is 24.8 Å². The molecule has 2 fully saturated rings. The lowest BCUT2D eigenvalue weighted by molar-refractivity contribution is 0.475. The number of aliphatic imine (C=N–C) groups is 1. The third-order valence-corrected chi connectivity index (χ3v) is 3.89. The molecule has 4 nitrogen and oxygen atoms in total. The van der Waals surface area contributed by atoms with E-state index in [0.29, 0.717) is 12.1 Å². The fourth-order valence-corrected chi connectivity index (χ4v) is 2.63. The largest absolute Gasteiger partial charge is 0.353 e. The van der Waals surface area contributed by atoms with Crippen LogP contribution in [0.1, 0.15) is 32.1 Å². The first-order valence-electron chi connectivity index (χ1n) is 6.64. The normalized spacial score (nSPS) is 25.9. The Labute approximate surface area is 121 Å². The van der Waals surface area contributed by atoms with Gasteiger partial charge in [0.25, 0.3) is 0 Å². The molecule has 0 aromatic carbocycles. The fraction of sp³-hybridized carbons (Fsp3) is 0.917. The van der Waals surface area contributed by atoms with Gasteiger partial charge in [-0.2, -0.15) is 0 Å². The summed E-state index contributed by atoms with van der Waals surface area (Å²) in [5.74, 6) is 2.87. The first kappa shape index (κ1) is 15.9. The summed E-state index contributed by atoms with van der Waals surface area (Å²) in [4.78, 5) is 4.53. The number of hydrogen-bond donors (Lipinski definition) is 3. The van der Waals surface area contributed by atoms with Crippen LogP contribution in [0.3, 0.4) is 0 Å². The van der Waals surface area contributed by atoms with E-state index in [-0.39, 0.29) is 24.8 Å². The molecule has 0 aromatic heterocycles. The summed E-state index contributed by atoms with van der Waals surface area (Å²) in [6.45, 7) is 1.64. The molecule has 3 rings (SSSR count). The van der Waals surface area contributed by atoms with Crippen LogP contribution in [0, 0.1) is 11.8 Å². The van der Waals surface area contributed by atoms with Crippen LogP contribution >= 0.6 is 24.8 Å². The van der Waals surface area contributed by atoms with E-state index in [1.54, 1.807) is 0 Å². The van der Waals surface area contributed by atoms with E-state index >= 15 is 0 Å². The second-order valence-corrected chi connectivity index (χ2v) is 5.45. The van der Waals surface area contributed by atoms with Gasteiger partial charge in [0.15, 0.2) is 5.96 Å². The molecule has 0 saturated heterocycles. The number of nitrogens with one attached hydrogen (secondary N) is 2. The topological polar surface area (TPSA) is 62.4 Å². The van der Waals surface area contributed by atoms with Crippen molar-refractivity contribution in [2.24, 2.45) is 22.6 Å². The van der Waals surface area contributed by atoms with Crippen molar-refractivity contribution in [2.45, 2.75) is 44.2 Å². The number of guanidine groups is 1. The molecule has 1 aliphatic heterocycles. The molecular formula is C12H24Cl2N4. The first-order chi connectivity index (χ1) is 7.86. The zero-order chi connectivity index (χ0) is 11.0. The summed E-state index contributed by atoms with van der Waals surface area (Å²) in [7, 11) is 0. The van der Waals surface area contributed by atoms with Gasteiger partial charge in [0, 0.05) is 12.1 Å². The number of nitrogens with two attached hydrogens (primary N) is 1. The average molecular weight is 295 g/mol. The Morgan fingerprint density at radius 3 is 2.33 bits per heavy atom. The van der Waals surface area contributed by atoms with E-state index in [0.717, 1.165) is 37.3 Å². The maximum atomic E-state index is 5.56. The van der Waals surface area contributed by atoms with E-state index in [9.17, 15) is 0 Å². The van der Waals surface area contributed by atoms with Gasteiger partial charge in [-0.25, -0.2) is 0 Å². The predicted octanol–water partition coefficient (Wildman–Crippen LogP) is 1.28. The molecule has 4 N–H and O–H groups in total. The van der Waals surface area contributed by atoms with Gasteiger partial charge in [-0.1, -0.05) is 0 Å². The molecule has 0 unspecified atom stereocenters. The third kappa shape index (κ3) is 3.90. The molecule has 0 amide bonds. The number of hydrogen-bond acceptors (Lipinski definition) is 4. The summed E-state index contributed by atoms with van der Waals surface area (Å²) in [6.07, 6.45) is 6.66. The van der Waals surface area contributed by atoms with Crippen molar-refractivity contribution in [2.75, 3.05) is 13.1 Å². The molecule has 106 valence electrons. The summed E-state index contributed by atoms with van der Waals surface area (Å²) in [5, 5.41) is 7.07. The highest BCUT2D eigenvalue weighted by Gasteiger charge is 2.42. The van der Waals surface area contributed by atoms with E-state index in [1.807, 2.05) is 0 Å². The van der Waals surface area contributed by atoms with Crippen LogP contribution in [-0.2, 0) is 0 Å². The quantitative estimate of drug-likeness (QED) is 0.716. The molecule has 0 spiro atoms. The van der Waals surface area contributed by atoms with Crippen LogP contribution in [-0.4, -0.2) is 31.1 Å². The van der Waals surface area contributed by atoms with Gasteiger partial charge in [0.05, 0.1) is 6.54 Å². The Hall–Kier alpha value is -0.190. The molecule has 1 heterocycles. The Morgan fingerprint density at radius 1 is 1.22 bits per heavy atom. The monoisotopic (exact) mass is 294 g/mol. The molecule has 0 bridgehead atoms. The van der Waals surface area contributed by atoms with E-state index in [1.165, 1.54) is 25.7 Å². The molecule has 2 saturated carbocycles. The zero-order valence-corrected chi connectivity index (χ0v) is 12.2. The standard InChI is InChI=1S/C12H22N4.2ClH/c13-6-5-10-7-14-12(15-10)16-11(8-1-2-8)9-3-4-9;;/h8-11H,1-7,13H2,(H2,14,15,16);2*1H/t10-;;/m0../s1. The lowest BCUT2D eigenvalue weighted by Gasteiger charge is -2.20. The maximum Gasteiger partial charge on any atom is 0.191 e. The number of halogens is 2. The lowest BCUT2D eigenvalue weighted by Crippen LogP contribution is -2.46. The van der Waals surface area contributed by atoms with Crippen molar-refractivity contribution in [1.82, 2.24) is 10.6 Å². The zero-order valence-electron chi connectivity index (χ0n) is 10.6. The lowest BCUT2D eigenvalue weighted by atomic mass is 10.1. The van der Waals surface area contributed by atoms with Crippen LogP contribution in [0.5, 0.6) is 0 Å². The van der Waals surface area contributed by atoms with E-state index < -0.39 is 0 Å². The summed E-state index contributed by atoms with van der Waals surface area (Å²) < 4.78 is 0. The SMILES string of the molecule is Cl.Cl.NCC[C@H]1CN=C(NC(C2CC2)C2CC2)N1. The van der Waals surface area contributed by atoms with Gasteiger partial charge in [-0.3, -0.25) is 4.99 Å². The molecular weight excluding hydrogens is 271 g/mol. The molecule has 6 heteroatoms. The maximum absolute atomic E-state index is 5.56. The smallest absolute Gasteiger partial charge is 0.191 e. The second kappa shape index (κ2) is 6.83. The average Bonchev–Trinajstić information content (AvgIpc) is 3.17. The Kier molecular flexibility index (Phi) is 6.02. The highest BCUT2D eigenvalue weighted by molar-refractivity contribution is 5.85. The van der Waals surface area contributed by atoms with Gasteiger partial charge in [-0.05, 0) is 50.5 Å². The minimum atomic E-state index is 0. The molecule has 2 aliphatic carbocycles. The third-order valence-electron chi connectivity index (χ3n) is 3.89. The number of rotatable bonds is 5. The minimum Gasteiger partial charge on any atom is -0.353 e. The van der Waals surface area contributed by atoms with Crippen molar-refractivity contribution in [3.63, 3.8) is 0 Å². The first-order valence-corrected chi connectivity index (χ1v) is 6.64. The molecule has 18 heavy (non-hydrogen) atoms. The van der Waals surface area contributed by atoms with Gasteiger partial charge < -0.3 is 16.4 Å². The second-order valence-electron chi connectivity index (χ2n) is 5.45. The summed E-state index contributed by atoms with van der Waals surface area (Å²) >= 11 is 0. The van der Waals surface area contributed by atoms with Gasteiger partial charge >= 0.3 is 0 Å². The van der Waals surface area contributed by atoms with Crippen LogP contribution in [0.4, 0.5) is 0 Å². The van der Waals surface area contributed by atoms with Crippen molar-refractivity contribution in [3.8, 4) is 0 Å². The molecule has 0 radical (unpaired) electrons.